The van der Waals surface area contributed by atoms with Crippen LogP contribution in [0.2, 0.25) is 0 Å². The van der Waals surface area contributed by atoms with Crippen LogP contribution in [0.3, 0.4) is 0 Å². The zero-order chi connectivity index (χ0) is 23.6. The van der Waals surface area contributed by atoms with Crippen molar-refractivity contribution in [3.63, 3.8) is 0 Å². The van der Waals surface area contributed by atoms with Crippen molar-refractivity contribution in [2.24, 2.45) is 11.8 Å². The standard InChI is InChI=1S/C22H38O9/c1-13(2)10-8-6-7-9-11-17(25)30-18-16(12-23)29-22(27)20(28-15(5)24)19(18)31-21(26)14(3)4/h13-14,16,18-20,22-23,27H,6-12H2,1-5H3/t16-,18-,19+,20-,22-/m1/s1. The van der Waals surface area contributed by atoms with Crippen LogP contribution in [0.25, 0.3) is 0 Å². The van der Waals surface area contributed by atoms with Gasteiger partial charge in [0.25, 0.3) is 0 Å². The third-order valence-electron chi connectivity index (χ3n) is 4.99. The van der Waals surface area contributed by atoms with Crippen molar-refractivity contribution in [3.05, 3.63) is 0 Å². The fourth-order valence-corrected chi connectivity index (χ4v) is 3.29. The summed E-state index contributed by atoms with van der Waals surface area (Å²) >= 11 is 0. The molecule has 9 heteroatoms. The minimum absolute atomic E-state index is 0.155. The van der Waals surface area contributed by atoms with Crippen LogP contribution in [0.5, 0.6) is 0 Å². The summed E-state index contributed by atoms with van der Waals surface area (Å²) < 4.78 is 21.3. The van der Waals surface area contributed by atoms with Gasteiger partial charge in [-0.25, -0.2) is 0 Å². The van der Waals surface area contributed by atoms with E-state index in [4.69, 9.17) is 18.9 Å². The predicted molar refractivity (Wildman–Crippen MR) is 111 cm³/mol. The first-order valence-corrected chi connectivity index (χ1v) is 11.1. The molecule has 0 aliphatic carbocycles. The maximum Gasteiger partial charge on any atom is 0.308 e. The fourth-order valence-electron chi connectivity index (χ4n) is 3.29. The van der Waals surface area contributed by atoms with Crippen molar-refractivity contribution in [1.82, 2.24) is 0 Å². The van der Waals surface area contributed by atoms with Crippen molar-refractivity contribution in [3.8, 4) is 0 Å². The SMILES string of the molecule is CC(=O)O[C@@H]1[C@@H](OC(=O)C(C)C)[C@H](OC(=O)CCCCCCC(C)C)[C@@H](CO)O[C@H]1O. The van der Waals surface area contributed by atoms with E-state index in [0.29, 0.717) is 12.3 Å². The van der Waals surface area contributed by atoms with Gasteiger partial charge in [-0.3, -0.25) is 14.4 Å². The number of carbonyl (C=O) groups is 3. The maximum atomic E-state index is 12.4. The Labute approximate surface area is 184 Å². The van der Waals surface area contributed by atoms with Crippen LogP contribution in [-0.2, 0) is 33.3 Å². The third-order valence-corrected chi connectivity index (χ3v) is 4.99. The zero-order valence-electron chi connectivity index (χ0n) is 19.2. The second-order valence-electron chi connectivity index (χ2n) is 8.68. The summed E-state index contributed by atoms with van der Waals surface area (Å²) in [5, 5.41) is 19.9. The summed E-state index contributed by atoms with van der Waals surface area (Å²) in [6.45, 7) is 8.11. The van der Waals surface area contributed by atoms with Crippen molar-refractivity contribution in [1.29, 1.82) is 0 Å². The van der Waals surface area contributed by atoms with E-state index in [1.807, 2.05) is 0 Å². The van der Waals surface area contributed by atoms with E-state index in [-0.39, 0.29) is 6.42 Å². The molecule has 2 N–H and O–H groups in total. The lowest BCUT2D eigenvalue weighted by Crippen LogP contribution is -2.62. The molecule has 0 aromatic heterocycles. The van der Waals surface area contributed by atoms with Gasteiger partial charge >= 0.3 is 17.9 Å². The molecule has 0 spiro atoms. The number of esters is 3. The predicted octanol–water partition coefficient (Wildman–Crippen LogP) is 2.10. The molecule has 0 aromatic rings. The molecular formula is C22H38O9. The molecule has 1 rings (SSSR count). The molecule has 0 radical (unpaired) electrons. The molecule has 1 aliphatic rings. The Morgan fingerprint density at radius 3 is 2.10 bits per heavy atom. The Morgan fingerprint density at radius 1 is 0.903 bits per heavy atom. The summed E-state index contributed by atoms with van der Waals surface area (Å²) in [7, 11) is 0. The van der Waals surface area contributed by atoms with Crippen LogP contribution >= 0.6 is 0 Å². The Hall–Kier alpha value is -1.71. The highest BCUT2D eigenvalue weighted by molar-refractivity contribution is 5.72. The first-order valence-electron chi connectivity index (χ1n) is 11.1. The average molecular weight is 447 g/mol. The fraction of sp³-hybridized carbons (Fsp3) is 0.864. The Kier molecular flexibility index (Phi) is 12.0. The van der Waals surface area contributed by atoms with Gasteiger partial charge in [0.1, 0.15) is 6.10 Å². The van der Waals surface area contributed by atoms with Crippen LogP contribution in [0, 0.1) is 11.8 Å². The second-order valence-corrected chi connectivity index (χ2v) is 8.68. The van der Waals surface area contributed by atoms with Gasteiger partial charge in [0.05, 0.1) is 12.5 Å². The Bertz CT molecular complexity index is 575. The molecule has 0 aromatic carbocycles. The number of hydrogen-bond donors (Lipinski definition) is 2. The normalized spacial score (nSPS) is 26.0. The highest BCUT2D eigenvalue weighted by Gasteiger charge is 2.51. The number of aliphatic hydroxyl groups excluding tert-OH is 2. The number of rotatable bonds is 12. The summed E-state index contributed by atoms with van der Waals surface area (Å²) in [5.41, 5.74) is 0. The Morgan fingerprint density at radius 2 is 1.55 bits per heavy atom. The van der Waals surface area contributed by atoms with Gasteiger partial charge in [-0.15, -0.1) is 0 Å². The van der Waals surface area contributed by atoms with Crippen molar-refractivity contribution < 1.29 is 43.5 Å². The summed E-state index contributed by atoms with van der Waals surface area (Å²) in [6.07, 6.45) is -1.78. The molecule has 31 heavy (non-hydrogen) atoms. The molecular weight excluding hydrogens is 408 g/mol. The highest BCUT2D eigenvalue weighted by Crippen LogP contribution is 2.28. The first-order chi connectivity index (χ1) is 14.6. The lowest BCUT2D eigenvalue weighted by atomic mass is 9.98. The molecule has 1 fully saturated rings. The van der Waals surface area contributed by atoms with Crippen LogP contribution in [0.1, 0.15) is 73.1 Å². The van der Waals surface area contributed by atoms with E-state index >= 15 is 0 Å². The third kappa shape index (κ3) is 9.53. The van der Waals surface area contributed by atoms with E-state index in [1.54, 1.807) is 13.8 Å². The molecule has 9 nitrogen and oxygen atoms in total. The minimum atomic E-state index is -1.65. The topological polar surface area (TPSA) is 129 Å². The largest absolute Gasteiger partial charge is 0.455 e. The monoisotopic (exact) mass is 446 g/mol. The molecule has 180 valence electrons. The molecule has 1 heterocycles. The van der Waals surface area contributed by atoms with Crippen LogP contribution < -0.4 is 0 Å². The average Bonchev–Trinajstić information content (AvgIpc) is 2.68. The lowest BCUT2D eigenvalue weighted by Gasteiger charge is -2.42. The molecule has 1 saturated heterocycles. The lowest BCUT2D eigenvalue weighted by molar-refractivity contribution is -0.296. The summed E-state index contributed by atoms with van der Waals surface area (Å²) in [5.74, 6) is -1.75. The molecule has 5 atom stereocenters. The number of aliphatic hydroxyl groups is 2. The van der Waals surface area contributed by atoms with Gasteiger partial charge in [0, 0.05) is 13.3 Å². The molecule has 1 aliphatic heterocycles. The summed E-state index contributed by atoms with van der Waals surface area (Å²) in [6, 6.07) is 0. The van der Waals surface area contributed by atoms with E-state index in [9.17, 15) is 24.6 Å². The molecule has 0 amide bonds. The minimum Gasteiger partial charge on any atom is -0.455 e. The molecule has 0 saturated carbocycles. The van der Waals surface area contributed by atoms with Gasteiger partial charge in [0.15, 0.2) is 24.6 Å². The van der Waals surface area contributed by atoms with Crippen LogP contribution in [0.15, 0.2) is 0 Å². The highest BCUT2D eigenvalue weighted by atomic mass is 16.7. The summed E-state index contributed by atoms with van der Waals surface area (Å²) in [4.78, 5) is 36.1. The smallest absolute Gasteiger partial charge is 0.308 e. The van der Waals surface area contributed by atoms with Gasteiger partial charge < -0.3 is 29.2 Å². The number of carbonyl (C=O) groups excluding carboxylic acids is 3. The maximum absolute atomic E-state index is 12.4. The number of hydrogen-bond acceptors (Lipinski definition) is 9. The van der Waals surface area contributed by atoms with Gasteiger partial charge in [0.2, 0.25) is 0 Å². The van der Waals surface area contributed by atoms with E-state index in [0.717, 1.165) is 32.6 Å². The van der Waals surface area contributed by atoms with Crippen molar-refractivity contribution >= 4 is 17.9 Å². The van der Waals surface area contributed by atoms with E-state index < -0.39 is 61.1 Å². The number of ether oxygens (including phenoxy) is 4. The van der Waals surface area contributed by atoms with Gasteiger partial charge in [-0.05, 0) is 12.3 Å². The molecule has 0 unspecified atom stereocenters. The van der Waals surface area contributed by atoms with Crippen molar-refractivity contribution in [2.45, 2.75) is 104 Å². The first kappa shape index (κ1) is 27.3. The quantitative estimate of drug-likeness (QED) is 0.263. The van der Waals surface area contributed by atoms with Crippen molar-refractivity contribution in [2.75, 3.05) is 6.61 Å². The Balaban J connectivity index is 2.82. The van der Waals surface area contributed by atoms with Crippen LogP contribution in [0.4, 0.5) is 0 Å². The van der Waals surface area contributed by atoms with Gasteiger partial charge in [-0.1, -0.05) is 53.4 Å². The molecule has 0 bridgehead atoms. The second kappa shape index (κ2) is 13.6. The van der Waals surface area contributed by atoms with E-state index in [2.05, 4.69) is 13.8 Å². The zero-order valence-corrected chi connectivity index (χ0v) is 19.2. The van der Waals surface area contributed by atoms with Crippen LogP contribution in [-0.4, -0.2) is 65.4 Å². The van der Waals surface area contributed by atoms with E-state index in [1.165, 1.54) is 0 Å². The number of unbranched alkanes of at least 4 members (excludes halogenated alkanes) is 3. The van der Waals surface area contributed by atoms with Gasteiger partial charge in [-0.2, -0.15) is 0 Å².